The minimum absolute atomic E-state index is 0.0158. The third-order valence-corrected chi connectivity index (χ3v) is 30.6. The Morgan fingerprint density at radius 1 is 0.296 bits per heavy atom. The van der Waals surface area contributed by atoms with Gasteiger partial charge in [-0.2, -0.15) is 136 Å². The fourth-order valence-electron chi connectivity index (χ4n) is 13.3. The molecule has 3 atom stereocenters. The maximum Gasteiger partial charge on any atom is 0.430 e. The summed E-state index contributed by atoms with van der Waals surface area (Å²) in [7, 11) is -9.77. The van der Waals surface area contributed by atoms with Gasteiger partial charge in [-0.1, -0.05) is 117 Å². The number of halogens is 39. The number of aliphatic hydroxyl groups is 5. The van der Waals surface area contributed by atoms with E-state index >= 15 is 35.1 Å². The van der Waals surface area contributed by atoms with Gasteiger partial charge in [-0.3, -0.25) is 0 Å². The zero-order valence-corrected chi connectivity index (χ0v) is 59.9. The number of benzene rings is 5. The summed E-state index contributed by atoms with van der Waals surface area (Å²) in [4.78, 5) is 0. The van der Waals surface area contributed by atoms with Crippen LogP contribution in [0.5, 0.6) is 11.5 Å². The molecule has 0 saturated heterocycles. The zero-order valence-electron chi connectivity index (χ0n) is 57.9. The largest absolute Gasteiger partial charge is 0.503 e. The van der Waals surface area contributed by atoms with Crippen LogP contribution < -0.4 is 0 Å². The van der Waals surface area contributed by atoms with Crippen molar-refractivity contribution in [2.24, 2.45) is 0 Å². The summed E-state index contributed by atoms with van der Waals surface area (Å²) < 4.78 is 572. The maximum absolute atomic E-state index is 15.6. The fraction of sp³-hybridized carbons (Fsp3) is 0.522. The molecule has 0 aromatic heterocycles. The molecule has 5 rings (SSSR count). The highest BCUT2D eigenvalue weighted by Crippen LogP contribution is 2.57. The summed E-state index contributed by atoms with van der Waals surface area (Å²) in [5.74, 6) is -33.4. The lowest BCUT2D eigenvalue weighted by Crippen LogP contribution is -2.56. The fourth-order valence-corrected chi connectivity index (χ4v) is 23.3. The van der Waals surface area contributed by atoms with Gasteiger partial charge in [0.2, 0.25) is 23.3 Å². The van der Waals surface area contributed by atoms with E-state index in [2.05, 4.69) is 0 Å². The summed E-state index contributed by atoms with van der Waals surface area (Å²) in [5.41, 5.74) is -49.1. The van der Waals surface area contributed by atoms with Crippen molar-refractivity contribution in [1.82, 2.24) is 0 Å². The average molecular weight is 1770 g/mol. The molecule has 0 spiro atoms. The molecule has 0 bridgehead atoms. The number of alkyl halides is 27. The summed E-state index contributed by atoms with van der Waals surface area (Å²) in [5, 5.41) is 71.2. The molecule has 0 radical (unpaired) electrons. The number of aromatic hydroxyl groups is 2. The van der Waals surface area contributed by atoms with E-state index in [0.29, 0.717) is 12.6 Å². The lowest BCUT2D eigenvalue weighted by molar-refractivity contribution is -0.378. The van der Waals surface area contributed by atoms with E-state index in [1.807, 2.05) is 0 Å². The quantitative estimate of drug-likeness (QED) is 0.0133. The summed E-state index contributed by atoms with van der Waals surface area (Å²) in [6.07, 6.45) is -79.4. The molecule has 0 amide bonds. The minimum Gasteiger partial charge on any atom is -0.503 e. The van der Waals surface area contributed by atoms with Crippen LogP contribution in [0.3, 0.4) is 0 Å². The molecular formula is C67H59F39O7Si2. The van der Waals surface area contributed by atoms with E-state index in [1.165, 1.54) is 0 Å². The van der Waals surface area contributed by atoms with Gasteiger partial charge in [-0.25, -0.2) is 35.1 Å². The standard InChI is InChI=1S/C67H59F39O7Si2/c1-30-40(68)42(70)37(43(71)41(30)69)12-5-18-114(19-6-13-38-44(72)48(76)52(107)49(77)45(38)73,16-4-11-32-26-35(57(112,64(95,96)97)65(98,99)100)29-36(27-32)58(113,66(101,102)103)67(104,105)106)22-9-23-115(21-8-15-55(110,60(83,84)85)61(86,87)88,20-7-14-39-46(74)50(78)53(108)51(79)47(39)75)17-3-10-31-24-33(54(2,109)59(80,81)82)28-34(25-31)56(111,62(89,90)91)63(92,93)94/h8,21,24-29,107-113H,3-7,9-20,22-23H2,1-2H3/b21-8+. The summed E-state index contributed by atoms with van der Waals surface area (Å²) >= 11 is 0. The molecular weight excluding hydrogens is 1710 g/mol. The smallest absolute Gasteiger partial charge is 0.430 e. The third-order valence-electron chi connectivity index (χ3n) is 19.9. The number of rotatable bonds is 31. The SMILES string of the molecule is Cc1c(F)c(F)c(CCC[Si](CCCc2cc(C(O)(C(F)(F)F)C(F)(F)F)cc(C(O)(C(F)(F)F)C(F)(F)F)c2)(CCCc2c(F)c(F)c(O)c(F)c2F)CCC[Si](/C=C/CC(O)(C(F)(F)F)C(F)(F)F)(CCCc2cc(C(C)(O)C(F)(F)F)cc(C(O)(C(F)(F)F)C(F)(F)F)c2)CCCc2c(F)c(F)c(O)c(F)c2F)c(F)c1F. The van der Waals surface area contributed by atoms with E-state index in [-0.39, 0.29) is 25.1 Å². The van der Waals surface area contributed by atoms with Crippen LogP contribution in [0.2, 0.25) is 42.3 Å². The van der Waals surface area contributed by atoms with Crippen LogP contribution in [0.25, 0.3) is 0 Å². The van der Waals surface area contributed by atoms with Gasteiger partial charge in [0.05, 0.1) is 16.1 Å². The topological polar surface area (TPSA) is 142 Å². The first-order valence-electron chi connectivity index (χ1n) is 32.8. The first kappa shape index (κ1) is 98.5. The van der Waals surface area contributed by atoms with Gasteiger partial charge < -0.3 is 35.7 Å². The molecule has 48 heteroatoms. The number of hydrogen-bond donors (Lipinski definition) is 7. The highest BCUT2D eigenvalue weighted by atomic mass is 28.3. The Bertz CT molecular complexity index is 4040. The molecule has 650 valence electrons. The third kappa shape index (κ3) is 19.6. The van der Waals surface area contributed by atoms with Crippen molar-refractivity contribution >= 4 is 16.1 Å². The van der Waals surface area contributed by atoms with Gasteiger partial charge in [0, 0.05) is 45.4 Å². The van der Waals surface area contributed by atoms with E-state index in [4.69, 9.17) is 0 Å². The Hall–Kier alpha value is -7.06. The van der Waals surface area contributed by atoms with Crippen molar-refractivity contribution in [3.8, 4) is 11.5 Å². The number of phenols is 2. The number of phenolic OH excluding ortho intramolecular Hbond substituents is 2. The Kier molecular flexibility index (Phi) is 29.1. The molecule has 5 aromatic rings. The second-order valence-electron chi connectivity index (χ2n) is 27.5. The van der Waals surface area contributed by atoms with Crippen LogP contribution in [0.1, 0.15) is 108 Å². The van der Waals surface area contributed by atoms with Crippen LogP contribution in [-0.4, -0.2) is 113 Å². The second-order valence-corrected chi connectivity index (χ2v) is 37.1. The molecule has 5 aromatic carbocycles. The molecule has 115 heavy (non-hydrogen) atoms. The van der Waals surface area contributed by atoms with Gasteiger partial charge in [-0.15, -0.1) is 0 Å². The van der Waals surface area contributed by atoms with Gasteiger partial charge in [0.1, 0.15) is 0 Å². The van der Waals surface area contributed by atoms with Crippen molar-refractivity contribution in [3.63, 3.8) is 0 Å². The first-order valence-corrected chi connectivity index (χ1v) is 38.3. The van der Waals surface area contributed by atoms with Crippen molar-refractivity contribution in [2.75, 3.05) is 0 Å². The molecule has 7 N–H and O–H groups in total. The molecule has 0 aliphatic carbocycles. The molecule has 0 fully saturated rings. The van der Waals surface area contributed by atoms with Gasteiger partial charge >= 0.3 is 55.6 Å². The average Bonchev–Trinajstić information content (AvgIpc) is 0.721. The van der Waals surface area contributed by atoms with Crippen molar-refractivity contribution in [1.29, 1.82) is 0 Å². The van der Waals surface area contributed by atoms with E-state index in [0.717, 1.165) is 0 Å². The molecule has 7 nitrogen and oxygen atoms in total. The van der Waals surface area contributed by atoms with Crippen molar-refractivity contribution in [2.45, 2.75) is 217 Å². The first-order chi connectivity index (χ1) is 51.7. The molecule has 0 saturated carbocycles. The van der Waals surface area contributed by atoms with Gasteiger partial charge in [0.25, 0.3) is 22.4 Å². The Morgan fingerprint density at radius 3 is 0.826 bits per heavy atom. The monoisotopic (exact) mass is 1770 g/mol. The summed E-state index contributed by atoms with van der Waals surface area (Å²) in [6, 6.07) is -10.7. The van der Waals surface area contributed by atoms with Crippen LogP contribution in [0, 0.1) is 76.7 Å². The maximum atomic E-state index is 15.6. The number of aryl methyl sites for hydroxylation is 2. The van der Waals surface area contributed by atoms with Crippen molar-refractivity contribution in [3.05, 3.63) is 174 Å². The Labute approximate surface area is 623 Å². The lowest BCUT2D eigenvalue weighted by atomic mass is 9.83. The van der Waals surface area contributed by atoms with E-state index in [9.17, 15) is 172 Å². The minimum atomic E-state index is -7.21. The highest BCUT2D eigenvalue weighted by Gasteiger charge is 2.75. The Morgan fingerprint density at radius 2 is 0.539 bits per heavy atom. The molecule has 0 aliphatic rings. The van der Waals surface area contributed by atoms with Crippen LogP contribution >= 0.6 is 0 Å². The van der Waals surface area contributed by atoms with Gasteiger partial charge in [0.15, 0.2) is 63.6 Å². The Balaban J connectivity index is 1.93. The van der Waals surface area contributed by atoms with Crippen LogP contribution in [0.15, 0.2) is 48.2 Å². The molecule has 3 unspecified atom stereocenters. The summed E-state index contributed by atoms with van der Waals surface area (Å²) in [6.45, 7) is 0.196. The predicted molar refractivity (Wildman–Crippen MR) is 326 cm³/mol. The normalized spacial score (nSPS) is 15.6. The predicted octanol–water partition coefficient (Wildman–Crippen LogP) is 21.9. The number of hydrogen-bond acceptors (Lipinski definition) is 7. The van der Waals surface area contributed by atoms with E-state index in [1.54, 1.807) is 0 Å². The van der Waals surface area contributed by atoms with Gasteiger partial charge in [-0.05, 0) is 74.8 Å². The molecule has 0 heterocycles. The van der Waals surface area contributed by atoms with E-state index < -0.39 is 380 Å². The van der Waals surface area contributed by atoms with Crippen molar-refractivity contribution < 1.29 is 207 Å². The molecule has 0 aliphatic heterocycles. The van der Waals surface area contributed by atoms with Crippen LogP contribution in [-0.2, 0) is 54.5 Å². The lowest BCUT2D eigenvalue weighted by Gasteiger charge is -2.37. The van der Waals surface area contributed by atoms with Crippen LogP contribution in [0.4, 0.5) is 171 Å². The highest BCUT2D eigenvalue weighted by molar-refractivity contribution is 6.85. The second kappa shape index (κ2) is 34.0. The zero-order chi connectivity index (χ0) is 88.9.